The van der Waals surface area contributed by atoms with Gasteiger partial charge in [0.2, 0.25) is 0 Å². The van der Waals surface area contributed by atoms with Crippen molar-refractivity contribution in [3.8, 4) is 11.1 Å². The van der Waals surface area contributed by atoms with Crippen LogP contribution in [0.4, 0.5) is 9.39 Å². The van der Waals surface area contributed by atoms with Crippen LogP contribution in [0.5, 0.6) is 0 Å². The summed E-state index contributed by atoms with van der Waals surface area (Å²) in [7, 11) is 0. The average Bonchev–Trinajstić information content (AvgIpc) is 2.88. The summed E-state index contributed by atoms with van der Waals surface area (Å²) in [6.45, 7) is 0.533. The van der Waals surface area contributed by atoms with Crippen LogP contribution >= 0.6 is 11.5 Å². The molecule has 3 aromatic rings. The minimum atomic E-state index is -0.257. The summed E-state index contributed by atoms with van der Waals surface area (Å²) >= 11 is 1.31. The summed E-state index contributed by atoms with van der Waals surface area (Å²) in [6, 6.07) is 8.21. The number of nitrogens with zero attached hydrogens (tertiary/aromatic N) is 2. The molecule has 4 nitrogen and oxygen atoms in total. The van der Waals surface area contributed by atoms with E-state index in [2.05, 4.69) is 14.7 Å². The van der Waals surface area contributed by atoms with Gasteiger partial charge in [-0.2, -0.15) is 4.37 Å². The van der Waals surface area contributed by atoms with Gasteiger partial charge in [-0.3, -0.25) is 4.98 Å². The number of nitrogens with one attached hydrogen (secondary N) is 1. The molecule has 0 saturated carbocycles. The fraction of sp³-hybridized carbons (Fsp3) is 0.143. The standard InChI is InChI=1S/C14H12FN3OS/c15-11-3-1-9(2-4-11)10-7-12-13(17-8-10)14(20-18-12)16-5-6-19/h1-4,7-8,16,19H,5-6H2. The summed E-state index contributed by atoms with van der Waals surface area (Å²) in [5.41, 5.74) is 3.38. The SMILES string of the molecule is OCCNc1snc2cc(-c3ccc(F)cc3)cnc12. The van der Waals surface area contributed by atoms with E-state index in [1.165, 1.54) is 23.7 Å². The second-order valence-electron chi connectivity index (χ2n) is 4.26. The highest BCUT2D eigenvalue weighted by atomic mass is 32.1. The van der Waals surface area contributed by atoms with Gasteiger partial charge in [0.15, 0.2) is 0 Å². The number of fused-ring (bicyclic) bond motifs is 1. The van der Waals surface area contributed by atoms with Gasteiger partial charge < -0.3 is 10.4 Å². The molecule has 0 saturated heterocycles. The zero-order valence-corrected chi connectivity index (χ0v) is 11.3. The Hall–Kier alpha value is -2.05. The van der Waals surface area contributed by atoms with Crippen molar-refractivity contribution in [2.45, 2.75) is 0 Å². The number of aliphatic hydroxyl groups is 1. The van der Waals surface area contributed by atoms with Gasteiger partial charge in [0.25, 0.3) is 0 Å². The van der Waals surface area contributed by atoms with Gasteiger partial charge in [0.1, 0.15) is 21.9 Å². The van der Waals surface area contributed by atoms with Gasteiger partial charge in [-0.1, -0.05) is 12.1 Å². The zero-order valence-electron chi connectivity index (χ0n) is 10.5. The Balaban J connectivity index is 1.97. The predicted octanol–water partition coefficient (Wildman–Crippen LogP) is 2.90. The third-order valence-electron chi connectivity index (χ3n) is 2.89. The molecule has 0 spiro atoms. The molecule has 0 amide bonds. The van der Waals surface area contributed by atoms with Crippen molar-refractivity contribution in [3.05, 3.63) is 42.3 Å². The number of aliphatic hydroxyl groups excluding tert-OH is 1. The van der Waals surface area contributed by atoms with Crippen molar-refractivity contribution < 1.29 is 9.50 Å². The average molecular weight is 289 g/mol. The highest BCUT2D eigenvalue weighted by molar-refractivity contribution is 7.11. The lowest BCUT2D eigenvalue weighted by Gasteiger charge is -2.02. The predicted molar refractivity (Wildman–Crippen MR) is 78.4 cm³/mol. The molecule has 6 heteroatoms. The quantitative estimate of drug-likeness (QED) is 0.775. The van der Waals surface area contributed by atoms with E-state index < -0.39 is 0 Å². The molecule has 102 valence electrons. The third-order valence-corrected chi connectivity index (χ3v) is 3.70. The number of rotatable bonds is 4. The molecule has 3 rings (SSSR count). The third kappa shape index (κ3) is 2.48. The van der Waals surface area contributed by atoms with Gasteiger partial charge in [0, 0.05) is 18.3 Å². The van der Waals surface area contributed by atoms with E-state index in [-0.39, 0.29) is 12.4 Å². The normalized spacial score (nSPS) is 10.9. The molecule has 0 radical (unpaired) electrons. The molecule has 0 bridgehead atoms. The minimum Gasteiger partial charge on any atom is -0.395 e. The van der Waals surface area contributed by atoms with Crippen LogP contribution in [0, 0.1) is 5.82 Å². The van der Waals surface area contributed by atoms with Crippen molar-refractivity contribution in [3.63, 3.8) is 0 Å². The number of pyridine rings is 1. The molecule has 0 unspecified atom stereocenters. The van der Waals surface area contributed by atoms with Gasteiger partial charge in [-0.25, -0.2) is 4.39 Å². The van der Waals surface area contributed by atoms with Crippen LogP contribution in [0.15, 0.2) is 36.5 Å². The van der Waals surface area contributed by atoms with Gasteiger partial charge in [-0.05, 0) is 35.3 Å². The van der Waals surface area contributed by atoms with Crippen LogP contribution in [0.3, 0.4) is 0 Å². The number of hydrogen-bond donors (Lipinski definition) is 2. The first-order chi connectivity index (χ1) is 9.78. The Bertz CT molecular complexity index is 727. The van der Waals surface area contributed by atoms with E-state index >= 15 is 0 Å². The van der Waals surface area contributed by atoms with Crippen molar-refractivity contribution >= 4 is 27.6 Å². The van der Waals surface area contributed by atoms with Crippen molar-refractivity contribution in [2.24, 2.45) is 0 Å². The van der Waals surface area contributed by atoms with Crippen molar-refractivity contribution in [1.82, 2.24) is 9.36 Å². The first-order valence-corrected chi connectivity index (χ1v) is 6.91. The fourth-order valence-corrected chi connectivity index (χ4v) is 2.66. The number of hydrogen-bond acceptors (Lipinski definition) is 5. The fourth-order valence-electron chi connectivity index (χ4n) is 1.92. The van der Waals surface area contributed by atoms with E-state index in [1.54, 1.807) is 18.3 Å². The van der Waals surface area contributed by atoms with Crippen LogP contribution in [-0.4, -0.2) is 27.6 Å². The molecule has 1 aromatic carbocycles. The van der Waals surface area contributed by atoms with Crippen LogP contribution in [0.2, 0.25) is 0 Å². The lowest BCUT2D eigenvalue weighted by molar-refractivity contribution is 0.311. The van der Waals surface area contributed by atoms with Gasteiger partial charge in [0.05, 0.1) is 6.61 Å². The molecule has 0 fully saturated rings. The van der Waals surface area contributed by atoms with Gasteiger partial charge in [-0.15, -0.1) is 0 Å². The molecule has 2 aromatic heterocycles. The van der Waals surface area contributed by atoms with Crippen LogP contribution in [0.1, 0.15) is 0 Å². The molecule has 2 N–H and O–H groups in total. The Morgan fingerprint density at radius 2 is 2.00 bits per heavy atom. The molecule has 0 aliphatic carbocycles. The lowest BCUT2D eigenvalue weighted by atomic mass is 10.1. The van der Waals surface area contributed by atoms with Crippen LogP contribution in [0.25, 0.3) is 22.2 Å². The second-order valence-corrected chi connectivity index (χ2v) is 5.03. The summed E-state index contributed by atoms with van der Waals surface area (Å²) in [5, 5.41) is 12.7. The minimum absolute atomic E-state index is 0.0626. The molecular formula is C14H12FN3OS. The van der Waals surface area contributed by atoms with Crippen LogP contribution in [-0.2, 0) is 0 Å². The highest BCUT2D eigenvalue weighted by Crippen LogP contribution is 2.29. The largest absolute Gasteiger partial charge is 0.395 e. The van der Waals surface area contributed by atoms with E-state index in [0.29, 0.717) is 6.54 Å². The molecule has 2 heterocycles. The molecular weight excluding hydrogens is 277 g/mol. The molecule has 20 heavy (non-hydrogen) atoms. The van der Waals surface area contributed by atoms with Crippen molar-refractivity contribution in [2.75, 3.05) is 18.5 Å². The number of anilines is 1. The lowest BCUT2D eigenvalue weighted by Crippen LogP contribution is -2.04. The smallest absolute Gasteiger partial charge is 0.136 e. The number of aromatic nitrogens is 2. The monoisotopic (exact) mass is 289 g/mol. The highest BCUT2D eigenvalue weighted by Gasteiger charge is 2.08. The van der Waals surface area contributed by atoms with E-state index in [9.17, 15) is 4.39 Å². The van der Waals surface area contributed by atoms with Crippen molar-refractivity contribution in [1.29, 1.82) is 0 Å². The Morgan fingerprint density at radius 1 is 1.20 bits per heavy atom. The second kappa shape index (κ2) is 5.52. The Labute approximate surface area is 119 Å². The first kappa shape index (κ1) is 13.0. The Morgan fingerprint density at radius 3 is 2.75 bits per heavy atom. The number of halogens is 1. The van der Waals surface area contributed by atoms with E-state index in [0.717, 1.165) is 27.2 Å². The maximum absolute atomic E-state index is 12.9. The maximum atomic E-state index is 12.9. The maximum Gasteiger partial charge on any atom is 0.136 e. The van der Waals surface area contributed by atoms with E-state index in [1.807, 2.05) is 6.07 Å². The van der Waals surface area contributed by atoms with E-state index in [4.69, 9.17) is 5.11 Å². The summed E-state index contributed by atoms with van der Waals surface area (Å²) in [4.78, 5) is 4.40. The zero-order chi connectivity index (χ0) is 13.9. The molecule has 0 aliphatic rings. The molecule has 0 aliphatic heterocycles. The topological polar surface area (TPSA) is 58.0 Å². The molecule has 0 atom stereocenters. The number of benzene rings is 1. The summed E-state index contributed by atoms with van der Waals surface area (Å²) in [6.07, 6.45) is 1.74. The summed E-state index contributed by atoms with van der Waals surface area (Å²) < 4.78 is 17.3. The van der Waals surface area contributed by atoms with Crippen LogP contribution < -0.4 is 5.32 Å². The van der Waals surface area contributed by atoms with Gasteiger partial charge >= 0.3 is 0 Å². The Kier molecular flexibility index (Phi) is 3.58. The summed E-state index contributed by atoms with van der Waals surface area (Å²) in [5.74, 6) is -0.257. The first-order valence-electron chi connectivity index (χ1n) is 6.14.